The van der Waals surface area contributed by atoms with E-state index in [2.05, 4.69) is 28.9 Å². The second-order valence-corrected chi connectivity index (χ2v) is 2.60. The van der Waals surface area contributed by atoms with Gasteiger partial charge in [-0.25, -0.2) is 0 Å². The Morgan fingerprint density at radius 1 is 1.22 bits per heavy atom. The van der Waals surface area contributed by atoms with E-state index in [4.69, 9.17) is 0 Å². The molecule has 0 amide bonds. The van der Waals surface area contributed by atoms with E-state index in [0.29, 0.717) is 0 Å². The first kappa shape index (κ1) is 9.70. The number of rotatable bonds is 0. The van der Waals surface area contributed by atoms with Gasteiger partial charge in [0.1, 0.15) is 0 Å². The first-order valence-corrected chi connectivity index (χ1v) is 3.31. The van der Waals surface area contributed by atoms with Gasteiger partial charge in [-0.2, -0.15) is 0 Å². The standard InChI is InChI=1S/C7H7Br.Na.H/c1-6-4-2-3-5-7(6)8;;/h2-5H,1H3;;. The molecule has 0 N–H and O–H groups in total. The molecular weight excluding hydrogens is 187 g/mol. The van der Waals surface area contributed by atoms with Crippen molar-refractivity contribution in [2.24, 2.45) is 0 Å². The second-order valence-electron chi connectivity index (χ2n) is 1.75. The van der Waals surface area contributed by atoms with E-state index in [0.717, 1.165) is 0 Å². The molecular formula is C7H8BrNa. The van der Waals surface area contributed by atoms with E-state index in [9.17, 15) is 0 Å². The summed E-state index contributed by atoms with van der Waals surface area (Å²) in [4.78, 5) is 0. The molecule has 0 radical (unpaired) electrons. The Labute approximate surface area is 86.1 Å². The Balaban J connectivity index is 0.000000640. The summed E-state index contributed by atoms with van der Waals surface area (Å²) in [5.41, 5.74) is 1.28. The van der Waals surface area contributed by atoms with Gasteiger partial charge in [-0.3, -0.25) is 0 Å². The number of halogens is 1. The first-order valence-electron chi connectivity index (χ1n) is 2.52. The van der Waals surface area contributed by atoms with E-state index in [-0.39, 0.29) is 29.6 Å². The van der Waals surface area contributed by atoms with Gasteiger partial charge in [0.15, 0.2) is 0 Å². The van der Waals surface area contributed by atoms with Crippen LogP contribution in [0.3, 0.4) is 0 Å². The molecule has 0 unspecified atom stereocenters. The summed E-state index contributed by atoms with van der Waals surface area (Å²) in [5, 5.41) is 0. The van der Waals surface area contributed by atoms with Crippen molar-refractivity contribution in [3.63, 3.8) is 0 Å². The topological polar surface area (TPSA) is 0 Å². The van der Waals surface area contributed by atoms with Gasteiger partial charge in [0.05, 0.1) is 0 Å². The zero-order valence-corrected chi connectivity index (χ0v) is 6.27. The Kier molecular flexibility index (Phi) is 4.86. The second kappa shape index (κ2) is 4.51. The molecule has 0 bridgehead atoms. The molecule has 0 saturated heterocycles. The average molecular weight is 195 g/mol. The van der Waals surface area contributed by atoms with Crippen molar-refractivity contribution in [1.29, 1.82) is 0 Å². The molecule has 0 nitrogen and oxygen atoms in total. The molecule has 1 aromatic carbocycles. The van der Waals surface area contributed by atoms with Gasteiger partial charge in [-0.15, -0.1) is 0 Å². The van der Waals surface area contributed by atoms with Crippen molar-refractivity contribution in [3.05, 3.63) is 34.3 Å². The normalized spacial score (nSPS) is 8.22. The molecule has 2 heteroatoms. The third kappa shape index (κ3) is 2.85. The van der Waals surface area contributed by atoms with Crippen LogP contribution >= 0.6 is 15.9 Å². The minimum atomic E-state index is 0. The molecule has 0 fully saturated rings. The molecule has 0 saturated carbocycles. The van der Waals surface area contributed by atoms with Crippen molar-refractivity contribution in [2.75, 3.05) is 0 Å². The van der Waals surface area contributed by atoms with Gasteiger partial charge in [-0.05, 0) is 18.6 Å². The van der Waals surface area contributed by atoms with Gasteiger partial charge >= 0.3 is 29.6 Å². The molecule has 1 rings (SSSR count). The van der Waals surface area contributed by atoms with Crippen molar-refractivity contribution in [3.8, 4) is 0 Å². The summed E-state index contributed by atoms with van der Waals surface area (Å²) in [6, 6.07) is 8.15. The zero-order chi connectivity index (χ0) is 5.98. The SMILES string of the molecule is Cc1ccccc1Br.[NaH]. The van der Waals surface area contributed by atoms with Gasteiger partial charge in [0.2, 0.25) is 0 Å². The van der Waals surface area contributed by atoms with Crippen LogP contribution < -0.4 is 0 Å². The summed E-state index contributed by atoms with van der Waals surface area (Å²) in [6.45, 7) is 2.07. The Hall–Kier alpha value is 0.700. The van der Waals surface area contributed by atoms with Crippen molar-refractivity contribution >= 4 is 45.5 Å². The first-order chi connectivity index (χ1) is 3.80. The van der Waals surface area contributed by atoms with Crippen LogP contribution in [0.15, 0.2) is 28.7 Å². The third-order valence-corrected chi connectivity index (χ3v) is 1.97. The van der Waals surface area contributed by atoms with E-state index in [1.54, 1.807) is 0 Å². The predicted molar refractivity (Wildman–Crippen MR) is 46.0 cm³/mol. The molecule has 0 spiro atoms. The average Bonchev–Trinajstić information content (AvgIpc) is 1.77. The number of hydrogen-bond acceptors (Lipinski definition) is 0. The molecule has 0 atom stereocenters. The van der Waals surface area contributed by atoms with E-state index in [1.165, 1.54) is 10.0 Å². The van der Waals surface area contributed by atoms with Crippen LogP contribution in [-0.2, 0) is 0 Å². The fourth-order valence-corrected chi connectivity index (χ4v) is 0.836. The number of aryl methyl sites for hydroxylation is 1. The van der Waals surface area contributed by atoms with E-state index >= 15 is 0 Å². The summed E-state index contributed by atoms with van der Waals surface area (Å²) in [5.74, 6) is 0. The number of hydrogen-bond donors (Lipinski definition) is 0. The molecule has 0 aromatic heterocycles. The van der Waals surface area contributed by atoms with Crippen LogP contribution in [0.2, 0.25) is 0 Å². The van der Waals surface area contributed by atoms with Crippen LogP contribution in [0.25, 0.3) is 0 Å². The van der Waals surface area contributed by atoms with Crippen LogP contribution in [-0.4, -0.2) is 29.6 Å². The Morgan fingerprint density at radius 3 is 2.11 bits per heavy atom. The van der Waals surface area contributed by atoms with Gasteiger partial charge < -0.3 is 0 Å². The van der Waals surface area contributed by atoms with Crippen LogP contribution in [0.1, 0.15) is 5.56 Å². The van der Waals surface area contributed by atoms with Crippen molar-refractivity contribution in [1.82, 2.24) is 0 Å². The Bertz CT molecular complexity index is 165. The molecule has 44 valence electrons. The maximum atomic E-state index is 3.40. The van der Waals surface area contributed by atoms with Crippen molar-refractivity contribution in [2.45, 2.75) is 6.92 Å². The monoisotopic (exact) mass is 194 g/mol. The fourth-order valence-electron chi connectivity index (χ4n) is 0.551. The Morgan fingerprint density at radius 2 is 1.78 bits per heavy atom. The fraction of sp³-hybridized carbons (Fsp3) is 0.143. The summed E-state index contributed by atoms with van der Waals surface area (Å²) in [7, 11) is 0. The quantitative estimate of drug-likeness (QED) is 0.556. The zero-order valence-electron chi connectivity index (χ0n) is 4.69. The minimum absolute atomic E-state index is 0. The molecule has 1 aromatic rings. The predicted octanol–water partition coefficient (Wildman–Crippen LogP) is 2.11. The molecule has 0 aliphatic rings. The van der Waals surface area contributed by atoms with E-state index in [1.807, 2.05) is 18.2 Å². The van der Waals surface area contributed by atoms with Crippen LogP contribution in [0.5, 0.6) is 0 Å². The summed E-state index contributed by atoms with van der Waals surface area (Å²) >= 11 is 3.40. The third-order valence-electron chi connectivity index (χ3n) is 1.08. The maximum absolute atomic E-state index is 3.40. The van der Waals surface area contributed by atoms with Gasteiger partial charge in [0.25, 0.3) is 0 Å². The molecule has 0 aliphatic heterocycles. The molecule has 0 aliphatic carbocycles. The molecule has 0 heterocycles. The van der Waals surface area contributed by atoms with Crippen molar-refractivity contribution < 1.29 is 0 Å². The van der Waals surface area contributed by atoms with Gasteiger partial charge in [-0.1, -0.05) is 34.1 Å². The van der Waals surface area contributed by atoms with Crippen LogP contribution in [0.4, 0.5) is 0 Å². The van der Waals surface area contributed by atoms with Crippen LogP contribution in [0, 0.1) is 6.92 Å². The number of benzene rings is 1. The summed E-state index contributed by atoms with van der Waals surface area (Å²) < 4.78 is 1.18. The van der Waals surface area contributed by atoms with E-state index < -0.39 is 0 Å². The summed E-state index contributed by atoms with van der Waals surface area (Å²) in [6.07, 6.45) is 0. The van der Waals surface area contributed by atoms with Gasteiger partial charge in [0, 0.05) is 4.47 Å². The molecule has 9 heavy (non-hydrogen) atoms.